The third-order valence-electron chi connectivity index (χ3n) is 5.41. The molecule has 0 unspecified atom stereocenters. The highest BCUT2D eigenvalue weighted by atomic mass is 16.7. The minimum atomic E-state index is -0.334. The maximum Gasteiger partial charge on any atom is 0.494 e. The van der Waals surface area contributed by atoms with E-state index in [1.54, 1.807) is 0 Å². The van der Waals surface area contributed by atoms with Gasteiger partial charge in [-0.05, 0) is 64.3 Å². The molecule has 128 valence electrons. The van der Waals surface area contributed by atoms with Crippen molar-refractivity contribution in [3.63, 3.8) is 0 Å². The lowest BCUT2D eigenvalue weighted by Gasteiger charge is -2.32. The minimum absolute atomic E-state index is 0.326. The maximum absolute atomic E-state index is 6.13. The lowest BCUT2D eigenvalue weighted by atomic mass is 9.79. The molecule has 5 heteroatoms. The van der Waals surface area contributed by atoms with Gasteiger partial charge >= 0.3 is 7.12 Å². The van der Waals surface area contributed by atoms with Crippen LogP contribution in [-0.2, 0) is 9.31 Å². The smallest absolute Gasteiger partial charge is 0.399 e. The highest BCUT2D eigenvalue weighted by Crippen LogP contribution is 2.36. The molecule has 0 saturated carbocycles. The Kier molecular flexibility index (Phi) is 3.57. The fourth-order valence-corrected chi connectivity index (χ4v) is 3.23. The van der Waals surface area contributed by atoms with Gasteiger partial charge in [-0.15, -0.1) is 0 Å². The second kappa shape index (κ2) is 5.45. The summed E-state index contributed by atoms with van der Waals surface area (Å²) < 4.78 is 14.4. The van der Waals surface area contributed by atoms with Gasteiger partial charge in [0.2, 0.25) is 0 Å². The van der Waals surface area contributed by atoms with Crippen LogP contribution in [-0.4, -0.2) is 27.9 Å². The second-order valence-corrected chi connectivity index (χ2v) is 7.66. The number of aryl methyl sites for hydroxylation is 1. The van der Waals surface area contributed by atoms with Crippen LogP contribution in [0.5, 0.6) is 0 Å². The van der Waals surface area contributed by atoms with E-state index in [1.807, 2.05) is 25.1 Å². The third-order valence-corrected chi connectivity index (χ3v) is 5.41. The van der Waals surface area contributed by atoms with Crippen LogP contribution in [0.2, 0.25) is 0 Å². The van der Waals surface area contributed by atoms with Crippen molar-refractivity contribution in [3.05, 3.63) is 54.4 Å². The minimum Gasteiger partial charge on any atom is -0.399 e. The summed E-state index contributed by atoms with van der Waals surface area (Å²) in [7, 11) is -0.334. The number of rotatable bonds is 2. The number of hydrogen-bond donors (Lipinski definition) is 0. The summed E-state index contributed by atoms with van der Waals surface area (Å²) in [5, 5.41) is 0. The Morgan fingerprint density at radius 3 is 2.12 bits per heavy atom. The predicted molar refractivity (Wildman–Crippen MR) is 102 cm³/mol. The van der Waals surface area contributed by atoms with Gasteiger partial charge in [0, 0.05) is 5.69 Å². The molecule has 1 saturated heterocycles. The van der Waals surface area contributed by atoms with Crippen molar-refractivity contribution in [1.29, 1.82) is 0 Å². The summed E-state index contributed by atoms with van der Waals surface area (Å²) in [5.41, 5.74) is 3.59. The van der Waals surface area contributed by atoms with Crippen LogP contribution in [0.3, 0.4) is 0 Å². The van der Waals surface area contributed by atoms with Gasteiger partial charge in [-0.3, -0.25) is 4.57 Å². The second-order valence-electron chi connectivity index (χ2n) is 7.66. The van der Waals surface area contributed by atoms with Crippen LogP contribution in [0, 0.1) is 6.92 Å². The van der Waals surface area contributed by atoms with Crippen LogP contribution >= 0.6 is 0 Å². The standard InChI is InChI=1S/C20H23BN2O2/c1-14-22-17-8-6-7-9-18(17)23(14)16-12-10-15(11-13-16)21-24-19(2,3)20(4,5)25-21/h6-13H,1-5H3. The molecule has 4 nitrogen and oxygen atoms in total. The van der Waals surface area contributed by atoms with Crippen molar-refractivity contribution in [1.82, 2.24) is 9.55 Å². The molecule has 1 aliphatic rings. The molecule has 25 heavy (non-hydrogen) atoms. The molecule has 1 aromatic heterocycles. The van der Waals surface area contributed by atoms with E-state index in [4.69, 9.17) is 9.31 Å². The number of para-hydroxylation sites is 2. The molecule has 3 aromatic rings. The first-order valence-corrected chi connectivity index (χ1v) is 8.69. The number of benzene rings is 2. The highest BCUT2D eigenvalue weighted by Gasteiger charge is 2.51. The summed E-state index contributed by atoms with van der Waals surface area (Å²) in [6.45, 7) is 10.3. The predicted octanol–water partition coefficient (Wildman–Crippen LogP) is 3.63. The quantitative estimate of drug-likeness (QED) is 0.672. The summed E-state index contributed by atoms with van der Waals surface area (Å²) in [5.74, 6) is 0.976. The van der Waals surface area contributed by atoms with Crippen molar-refractivity contribution in [2.45, 2.75) is 45.8 Å². The van der Waals surface area contributed by atoms with E-state index in [9.17, 15) is 0 Å². The van der Waals surface area contributed by atoms with Crippen molar-refractivity contribution in [2.24, 2.45) is 0 Å². The Morgan fingerprint density at radius 2 is 1.48 bits per heavy atom. The zero-order chi connectivity index (χ0) is 17.8. The Bertz CT molecular complexity index is 913. The Morgan fingerprint density at radius 1 is 0.880 bits per heavy atom. The number of fused-ring (bicyclic) bond motifs is 1. The molecular weight excluding hydrogens is 311 g/mol. The zero-order valence-electron chi connectivity index (χ0n) is 15.4. The normalized spacial score (nSPS) is 18.8. The molecule has 2 heterocycles. The van der Waals surface area contributed by atoms with Crippen LogP contribution in [0.15, 0.2) is 48.5 Å². The fraction of sp³-hybridized carbons (Fsp3) is 0.350. The first kappa shape index (κ1) is 16.4. The molecule has 1 aliphatic heterocycles. The number of nitrogens with zero attached hydrogens (tertiary/aromatic N) is 2. The molecule has 0 radical (unpaired) electrons. The van der Waals surface area contributed by atoms with E-state index in [0.29, 0.717) is 0 Å². The van der Waals surface area contributed by atoms with Gasteiger partial charge in [-0.2, -0.15) is 0 Å². The zero-order valence-corrected chi connectivity index (χ0v) is 15.4. The van der Waals surface area contributed by atoms with E-state index < -0.39 is 0 Å². The van der Waals surface area contributed by atoms with Crippen molar-refractivity contribution < 1.29 is 9.31 Å². The van der Waals surface area contributed by atoms with Crippen LogP contribution in [0.1, 0.15) is 33.5 Å². The SMILES string of the molecule is Cc1nc2ccccc2n1-c1ccc(B2OC(C)(C)C(C)(C)O2)cc1. The van der Waals surface area contributed by atoms with Gasteiger partial charge in [0.25, 0.3) is 0 Å². The van der Waals surface area contributed by atoms with Crippen molar-refractivity contribution in [2.75, 3.05) is 0 Å². The van der Waals surface area contributed by atoms with Crippen molar-refractivity contribution >= 4 is 23.6 Å². The maximum atomic E-state index is 6.13. The molecule has 0 amide bonds. The highest BCUT2D eigenvalue weighted by molar-refractivity contribution is 6.62. The average Bonchev–Trinajstić information content (AvgIpc) is 3.00. The first-order valence-electron chi connectivity index (χ1n) is 8.69. The topological polar surface area (TPSA) is 36.3 Å². The molecule has 0 N–H and O–H groups in total. The molecule has 0 bridgehead atoms. The fourth-order valence-electron chi connectivity index (χ4n) is 3.23. The van der Waals surface area contributed by atoms with E-state index in [1.165, 1.54) is 0 Å². The van der Waals surface area contributed by atoms with E-state index in [0.717, 1.165) is 28.0 Å². The summed E-state index contributed by atoms with van der Waals surface area (Å²) >= 11 is 0. The van der Waals surface area contributed by atoms with Crippen LogP contribution < -0.4 is 5.46 Å². The largest absolute Gasteiger partial charge is 0.494 e. The average molecular weight is 334 g/mol. The number of imidazole rings is 1. The van der Waals surface area contributed by atoms with Gasteiger partial charge in [0.15, 0.2) is 0 Å². The lowest BCUT2D eigenvalue weighted by molar-refractivity contribution is 0.00578. The third kappa shape index (κ3) is 2.59. The van der Waals surface area contributed by atoms with E-state index in [2.05, 4.69) is 67.6 Å². The molecule has 0 spiro atoms. The molecule has 0 aliphatic carbocycles. The van der Waals surface area contributed by atoms with Gasteiger partial charge in [-0.1, -0.05) is 24.3 Å². The molecular formula is C20H23BN2O2. The summed E-state index contributed by atoms with van der Waals surface area (Å²) in [6.07, 6.45) is 0. The monoisotopic (exact) mass is 334 g/mol. The molecule has 1 fully saturated rings. The number of aromatic nitrogens is 2. The van der Waals surface area contributed by atoms with Gasteiger partial charge in [0.05, 0.1) is 22.2 Å². The first-order chi connectivity index (χ1) is 11.8. The lowest BCUT2D eigenvalue weighted by Crippen LogP contribution is -2.41. The van der Waals surface area contributed by atoms with Crippen LogP contribution in [0.25, 0.3) is 16.7 Å². The van der Waals surface area contributed by atoms with Gasteiger partial charge < -0.3 is 9.31 Å². The van der Waals surface area contributed by atoms with Crippen LogP contribution in [0.4, 0.5) is 0 Å². The molecule has 4 rings (SSSR count). The Labute approximate surface area is 148 Å². The van der Waals surface area contributed by atoms with E-state index >= 15 is 0 Å². The van der Waals surface area contributed by atoms with Gasteiger partial charge in [0.1, 0.15) is 5.82 Å². The number of hydrogen-bond acceptors (Lipinski definition) is 3. The molecule has 0 atom stereocenters. The molecule has 2 aromatic carbocycles. The van der Waals surface area contributed by atoms with Crippen molar-refractivity contribution in [3.8, 4) is 5.69 Å². The summed E-state index contributed by atoms with van der Waals surface area (Å²) in [6, 6.07) is 16.5. The van der Waals surface area contributed by atoms with E-state index in [-0.39, 0.29) is 18.3 Å². The Hall–Kier alpha value is -2.11. The summed E-state index contributed by atoms with van der Waals surface area (Å²) in [4.78, 5) is 4.64. The van der Waals surface area contributed by atoms with Gasteiger partial charge in [-0.25, -0.2) is 4.98 Å². The Balaban J connectivity index is 1.68.